The highest BCUT2D eigenvalue weighted by Gasteiger charge is 2.36. The molecule has 0 bridgehead atoms. The molecule has 1 aliphatic heterocycles. The summed E-state index contributed by atoms with van der Waals surface area (Å²) >= 11 is 0. The van der Waals surface area contributed by atoms with Crippen LogP contribution >= 0.6 is 8.60 Å². The molecule has 1 atom stereocenters. The molecule has 2 aromatic carbocycles. The number of fused-ring (bicyclic) bond motifs is 2. The van der Waals surface area contributed by atoms with Gasteiger partial charge in [0.1, 0.15) is 11.5 Å². The van der Waals surface area contributed by atoms with Crippen molar-refractivity contribution in [3.05, 3.63) is 57.6 Å². The van der Waals surface area contributed by atoms with Crippen molar-refractivity contribution in [2.24, 2.45) is 0 Å². The third-order valence-corrected chi connectivity index (χ3v) is 9.35. The summed E-state index contributed by atoms with van der Waals surface area (Å²) in [6.45, 7) is 32.0. The van der Waals surface area contributed by atoms with Crippen LogP contribution in [0.25, 0.3) is 0 Å². The molecule has 0 N–H and O–H groups in total. The van der Waals surface area contributed by atoms with Crippen LogP contribution in [-0.4, -0.2) is 6.10 Å². The van der Waals surface area contributed by atoms with E-state index < -0.39 is 8.60 Å². The van der Waals surface area contributed by atoms with Gasteiger partial charge < -0.3 is 9.05 Å². The van der Waals surface area contributed by atoms with Gasteiger partial charge in [0.25, 0.3) is 0 Å². The molecule has 3 rings (SSSR count). The minimum absolute atomic E-state index is 0.0222. The van der Waals surface area contributed by atoms with Crippen LogP contribution in [0.3, 0.4) is 0 Å². The molecule has 0 amide bonds. The van der Waals surface area contributed by atoms with E-state index in [1.165, 1.54) is 46.2 Å². The van der Waals surface area contributed by atoms with Gasteiger partial charge in [0.15, 0.2) is 0 Å². The summed E-state index contributed by atoms with van der Waals surface area (Å²) in [5, 5.41) is 0. The molecule has 0 fully saturated rings. The van der Waals surface area contributed by atoms with E-state index in [0.717, 1.165) is 37.2 Å². The van der Waals surface area contributed by atoms with Crippen molar-refractivity contribution in [3.8, 4) is 11.5 Å². The maximum Gasteiger partial charge on any atom is 0.463 e. The Morgan fingerprint density at radius 1 is 0.659 bits per heavy atom. The summed E-state index contributed by atoms with van der Waals surface area (Å²) < 4.78 is 20.7. The quantitative estimate of drug-likeness (QED) is 0.240. The molecule has 0 spiro atoms. The second kappa shape index (κ2) is 12.6. The molecule has 3 nitrogen and oxygen atoms in total. The van der Waals surface area contributed by atoms with Crippen molar-refractivity contribution >= 4 is 8.60 Å². The number of benzene rings is 2. The first-order valence-electron chi connectivity index (χ1n) is 15.9. The van der Waals surface area contributed by atoms with Crippen molar-refractivity contribution in [1.82, 2.24) is 0 Å². The Balaban J connectivity index is 2.32. The topological polar surface area (TPSA) is 27.7 Å². The molecule has 0 aromatic heterocycles. The van der Waals surface area contributed by atoms with Crippen molar-refractivity contribution in [3.63, 3.8) is 0 Å². The predicted molar refractivity (Wildman–Crippen MR) is 178 cm³/mol. The Kier molecular flexibility index (Phi) is 10.4. The lowest BCUT2D eigenvalue weighted by molar-refractivity contribution is 0.160. The minimum Gasteiger partial charge on any atom is -0.417 e. The van der Waals surface area contributed by atoms with Gasteiger partial charge in [-0.05, 0) is 56.8 Å². The van der Waals surface area contributed by atoms with Gasteiger partial charge in [0, 0.05) is 17.5 Å². The molecule has 2 aromatic rings. The smallest absolute Gasteiger partial charge is 0.417 e. The van der Waals surface area contributed by atoms with E-state index >= 15 is 0 Å². The van der Waals surface area contributed by atoms with Crippen molar-refractivity contribution in [2.45, 2.75) is 163 Å². The highest BCUT2D eigenvalue weighted by Crippen LogP contribution is 2.54. The molecular formula is C37H59O3P. The fourth-order valence-electron chi connectivity index (χ4n) is 5.33. The number of rotatable bonds is 7. The lowest BCUT2D eigenvalue weighted by Gasteiger charge is -2.35. The molecule has 41 heavy (non-hydrogen) atoms. The van der Waals surface area contributed by atoms with Crippen LogP contribution in [0.2, 0.25) is 0 Å². The summed E-state index contributed by atoms with van der Waals surface area (Å²) in [6.07, 6.45) is 6.43. The minimum atomic E-state index is -1.66. The van der Waals surface area contributed by atoms with Gasteiger partial charge in [-0.15, -0.1) is 0 Å². The van der Waals surface area contributed by atoms with Gasteiger partial charge in [0.05, 0.1) is 6.10 Å². The number of unbranched alkanes of at least 4 members (excludes halogenated alkanes) is 2. The monoisotopic (exact) mass is 582 g/mol. The number of hydrogen-bond acceptors (Lipinski definition) is 3. The summed E-state index contributed by atoms with van der Waals surface area (Å²) in [5.74, 6) is 1.90. The lowest BCUT2D eigenvalue weighted by Crippen LogP contribution is -2.23. The first-order valence-corrected chi connectivity index (χ1v) is 17.0. The lowest BCUT2D eigenvalue weighted by atomic mass is 9.76. The summed E-state index contributed by atoms with van der Waals surface area (Å²) in [7, 11) is -1.66. The van der Waals surface area contributed by atoms with Crippen molar-refractivity contribution < 1.29 is 13.6 Å². The van der Waals surface area contributed by atoms with Crippen LogP contribution in [-0.2, 0) is 32.6 Å². The molecular weight excluding hydrogens is 523 g/mol. The van der Waals surface area contributed by atoms with E-state index in [9.17, 15) is 0 Å². The fourth-order valence-corrected chi connectivity index (χ4v) is 6.68. The Bertz CT molecular complexity index is 1100. The highest BCUT2D eigenvalue weighted by molar-refractivity contribution is 7.42. The van der Waals surface area contributed by atoms with Crippen LogP contribution < -0.4 is 9.05 Å². The maximum atomic E-state index is 6.94. The molecule has 1 aliphatic rings. The van der Waals surface area contributed by atoms with E-state index in [4.69, 9.17) is 13.6 Å². The Labute approximate surface area is 254 Å². The first kappa shape index (κ1) is 33.9. The molecule has 0 radical (unpaired) electrons. The van der Waals surface area contributed by atoms with Crippen LogP contribution in [0, 0.1) is 0 Å². The van der Waals surface area contributed by atoms with E-state index in [1.807, 2.05) is 0 Å². The van der Waals surface area contributed by atoms with E-state index in [1.54, 1.807) is 0 Å². The van der Waals surface area contributed by atoms with Crippen molar-refractivity contribution in [1.29, 1.82) is 0 Å². The zero-order valence-electron chi connectivity index (χ0n) is 28.8. The maximum absolute atomic E-state index is 6.94. The molecule has 230 valence electrons. The van der Waals surface area contributed by atoms with Gasteiger partial charge in [-0.1, -0.05) is 140 Å². The summed E-state index contributed by atoms with van der Waals surface area (Å²) in [4.78, 5) is 0. The zero-order chi connectivity index (χ0) is 31.0. The van der Waals surface area contributed by atoms with Gasteiger partial charge in [0.2, 0.25) is 0 Å². The third kappa shape index (κ3) is 8.51. The van der Waals surface area contributed by atoms with Crippen LogP contribution in [0.4, 0.5) is 0 Å². The first-order chi connectivity index (χ1) is 18.8. The van der Waals surface area contributed by atoms with Crippen LogP contribution in [0.5, 0.6) is 11.5 Å². The normalized spacial score (nSPS) is 15.8. The SMILES string of the molecule is CCCCCC(CC)OP1Oc2c(cc(C(C)(C)C)cc2C(C)(C)C)Cc2cc(C(C)(C)C)cc(C(C)(C)C)c2O1. The van der Waals surface area contributed by atoms with Gasteiger partial charge in [-0.2, -0.15) is 0 Å². The molecule has 0 aliphatic carbocycles. The van der Waals surface area contributed by atoms with E-state index in [2.05, 4.69) is 121 Å². The molecule has 1 heterocycles. The zero-order valence-corrected chi connectivity index (χ0v) is 29.7. The predicted octanol–water partition coefficient (Wildman–Crippen LogP) is 11.8. The Hall–Kier alpha value is -1.57. The summed E-state index contributed by atoms with van der Waals surface area (Å²) in [5.41, 5.74) is 7.45. The standard InChI is InChI=1S/C37H59O3P/c1-15-17-18-19-29(16-2)38-41-39-32-25(21-27(34(3,4)5)23-30(32)36(9,10)11)20-26-22-28(35(6,7)8)24-31(33(26)40-41)37(12,13)14/h21-24,29H,15-20H2,1-14H3. The second-order valence-electron chi connectivity index (χ2n) is 16.2. The fraction of sp³-hybridized carbons (Fsp3) is 0.676. The second-order valence-corrected chi connectivity index (χ2v) is 17.3. The largest absolute Gasteiger partial charge is 0.463 e. The Morgan fingerprint density at radius 2 is 1.10 bits per heavy atom. The average Bonchev–Trinajstić information content (AvgIpc) is 2.80. The highest BCUT2D eigenvalue weighted by atomic mass is 31.2. The van der Waals surface area contributed by atoms with E-state index in [-0.39, 0.29) is 27.8 Å². The third-order valence-electron chi connectivity index (χ3n) is 8.21. The average molecular weight is 583 g/mol. The number of hydrogen-bond donors (Lipinski definition) is 0. The Morgan fingerprint density at radius 3 is 1.44 bits per heavy atom. The van der Waals surface area contributed by atoms with E-state index in [0.29, 0.717) is 0 Å². The van der Waals surface area contributed by atoms with Crippen LogP contribution in [0.1, 0.15) is 162 Å². The van der Waals surface area contributed by atoms with Gasteiger partial charge >= 0.3 is 8.60 Å². The van der Waals surface area contributed by atoms with Gasteiger partial charge in [-0.3, -0.25) is 4.52 Å². The van der Waals surface area contributed by atoms with Crippen molar-refractivity contribution in [2.75, 3.05) is 0 Å². The van der Waals surface area contributed by atoms with Crippen LogP contribution in [0.15, 0.2) is 24.3 Å². The molecule has 1 unspecified atom stereocenters. The molecule has 0 saturated carbocycles. The molecule has 0 saturated heterocycles. The van der Waals surface area contributed by atoms with Gasteiger partial charge in [-0.25, -0.2) is 0 Å². The summed E-state index contributed by atoms with van der Waals surface area (Å²) in [6, 6.07) is 9.48. The molecule has 4 heteroatoms.